The lowest BCUT2D eigenvalue weighted by Gasteiger charge is -2.02. The Bertz CT molecular complexity index is 745. The number of benzene rings is 2. The summed E-state index contributed by atoms with van der Waals surface area (Å²) < 4.78 is 4.16. The summed E-state index contributed by atoms with van der Waals surface area (Å²) in [5.41, 5.74) is 4.04. The van der Waals surface area contributed by atoms with Gasteiger partial charge in [0.05, 0.1) is 7.11 Å². The first-order valence-corrected chi connectivity index (χ1v) is 8.20. The third-order valence-corrected chi connectivity index (χ3v) is 5.00. The molecule has 2 unspecified atom stereocenters. The summed E-state index contributed by atoms with van der Waals surface area (Å²) in [6.07, 6.45) is 1.60. The van der Waals surface area contributed by atoms with E-state index < -0.39 is 4.33 Å². The molecule has 1 amide bonds. The van der Waals surface area contributed by atoms with E-state index in [-0.39, 0.29) is 17.7 Å². The van der Waals surface area contributed by atoms with Gasteiger partial charge in [-0.2, -0.15) is 5.10 Å². The monoisotopic (exact) mass is 362 g/mol. The van der Waals surface area contributed by atoms with E-state index in [0.717, 1.165) is 5.56 Å². The predicted octanol–water partition coefficient (Wildman–Crippen LogP) is 4.00. The topological polar surface area (TPSA) is 50.7 Å². The second-order valence-electron chi connectivity index (χ2n) is 5.54. The number of nitrogens with zero attached hydrogens (tertiary/aromatic N) is 1. The molecule has 1 N–H and O–H groups in total. The first-order chi connectivity index (χ1) is 11.5. The van der Waals surface area contributed by atoms with E-state index in [4.69, 9.17) is 27.9 Å². The van der Waals surface area contributed by atoms with Gasteiger partial charge in [-0.15, -0.1) is 23.2 Å². The Morgan fingerprint density at radius 1 is 1.17 bits per heavy atom. The number of carbonyl (C=O) groups is 1. The maximum absolute atomic E-state index is 12.0. The Balaban J connectivity index is 1.61. The number of rotatable bonds is 5. The summed E-state index contributed by atoms with van der Waals surface area (Å²) in [6.45, 7) is 0. The SMILES string of the molecule is COc1ccc(C(=O)N/N=C/C2C(c3ccccc3)C2(Cl)Cl)cc1. The van der Waals surface area contributed by atoms with Crippen molar-refractivity contribution in [1.29, 1.82) is 0 Å². The van der Waals surface area contributed by atoms with E-state index >= 15 is 0 Å². The smallest absolute Gasteiger partial charge is 0.271 e. The number of nitrogens with one attached hydrogen (secondary N) is 1. The lowest BCUT2D eigenvalue weighted by Crippen LogP contribution is -2.17. The summed E-state index contributed by atoms with van der Waals surface area (Å²) in [6, 6.07) is 16.5. The van der Waals surface area contributed by atoms with Crippen LogP contribution in [0.5, 0.6) is 5.75 Å². The Morgan fingerprint density at radius 2 is 1.83 bits per heavy atom. The minimum absolute atomic E-state index is 0.0244. The summed E-state index contributed by atoms with van der Waals surface area (Å²) >= 11 is 12.6. The molecule has 0 aliphatic heterocycles. The molecule has 0 saturated heterocycles. The highest BCUT2D eigenvalue weighted by atomic mass is 35.5. The molecule has 124 valence electrons. The summed E-state index contributed by atoms with van der Waals surface area (Å²) in [5, 5.41) is 4.00. The van der Waals surface area contributed by atoms with Crippen molar-refractivity contribution < 1.29 is 9.53 Å². The standard InChI is InChI=1S/C18H16Cl2N2O2/c1-24-14-9-7-13(8-10-14)17(23)22-21-11-15-16(18(15,19)20)12-5-3-2-4-6-12/h2-11,15-16H,1H3,(H,22,23)/b21-11+. The summed E-state index contributed by atoms with van der Waals surface area (Å²) in [7, 11) is 1.57. The molecule has 0 heterocycles. The van der Waals surface area contributed by atoms with E-state index in [2.05, 4.69) is 10.5 Å². The molecule has 1 aliphatic carbocycles. The van der Waals surface area contributed by atoms with Crippen molar-refractivity contribution in [2.24, 2.45) is 11.0 Å². The fourth-order valence-electron chi connectivity index (χ4n) is 2.61. The molecule has 2 aromatic carbocycles. The minimum Gasteiger partial charge on any atom is -0.497 e. The summed E-state index contributed by atoms with van der Waals surface area (Å²) in [5.74, 6) is 0.219. The van der Waals surface area contributed by atoms with E-state index in [1.165, 1.54) is 0 Å². The molecule has 0 radical (unpaired) electrons. The number of hydrazone groups is 1. The number of ether oxygens (including phenoxy) is 1. The Hall–Kier alpha value is -2.04. The number of halogens is 2. The van der Waals surface area contributed by atoms with Gasteiger partial charge in [-0.25, -0.2) is 5.43 Å². The van der Waals surface area contributed by atoms with Crippen LogP contribution in [0.15, 0.2) is 59.7 Å². The number of amides is 1. The van der Waals surface area contributed by atoms with E-state index in [1.54, 1.807) is 37.6 Å². The quantitative estimate of drug-likeness (QED) is 0.496. The van der Waals surface area contributed by atoms with Crippen molar-refractivity contribution in [1.82, 2.24) is 5.43 Å². The molecule has 0 spiro atoms. The first kappa shape index (κ1) is 16.8. The molecule has 4 nitrogen and oxygen atoms in total. The lowest BCUT2D eigenvalue weighted by atomic mass is 10.1. The molecule has 1 aliphatic rings. The number of alkyl halides is 2. The molecule has 1 saturated carbocycles. The molecular weight excluding hydrogens is 347 g/mol. The van der Waals surface area contributed by atoms with Gasteiger partial charge in [-0.05, 0) is 29.8 Å². The number of methoxy groups -OCH3 is 1. The Morgan fingerprint density at radius 3 is 2.46 bits per heavy atom. The van der Waals surface area contributed by atoms with Gasteiger partial charge in [0.25, 0.3) is 5.91 Å². The van der Waals surface area contributed by atoms with Crippen molar-refractivity contribution in [3.63, 3.8) is 0 Å². The molecular formula is C18H16Cl2N2O2. The maximum Gasteiger partial charge on any atom is 0.271 e. The third kappa shape index (κ3) is 3.40. The van der Waals surface area contributed by atoms with E-state index in [1.807, 2.05) is 30.3 Å². The number of hydrogen-bond donors (Lipinski definition) is 1. The zero-order chi connectivity index (χ0) is 17.2. The fourth-order valence-corrected chi connectivity index (χ4v) is 3.37. The molecule has 6 heteroatoms. The van der Waals surface area contributed by atoms with Crippen LogP contribution >= 0.6 is 23.2 Å². The van der Waals surface area contributed by atoms with Gasteiger partial charge < -0.3 is 4.74 Å². The highest BCUT2D eigenvalue weighted by Crippen LogP contribution is 2.63. The molecule has 0 aromatic heterocycles. The van der Waals surface area contributed by atoms with Crippen molar-refractivity contribution in [2.75, 3.05) is 7.11 Å². The molecule has 0 bridgehead atoms. The molecule has 24 heavy (non-hydrogen) atoms. The van der Waals surface area contributed by atoms with Crippen molar-refractivity contribution >= 4 is 35.3 Å². The van der Waals surface area contributed by atoms with Crippen LogP contribution in [-0.4, -0.2) is 23.6 Å². The van der Waals surface area contributed by atoms with Crippen LogP contribution in [0.3, 0.4) is 0 Å². The molecule has 2 aromatic rings. The fraction of sp³-hybridized carbons (Fsp3) is 0.222. The lowest BCUT2D eigenvalue weighted by molar-refractivity contribution is 0.0955. The van der Waals surface area contributed by atoms with E-state index in [9.17, 15) is 4.79 Å². The van der Waals surface area contributed by atoms with Crippen molar-refractivity contribution in [3.8, 4) is 5.75 Å². The van der Waals surface area contributed by atoms with Crippen LogP contribution in [0.2, 0.25) is 0 Å². The zero-order valence-corrected chi connectivity index (χ0v) is 14.5. The maximum atomic E-state index is 12.0. The first-order valence-electron chi connectivity index (χ1n) is 7.44. The number of carbonyl (C=O) groups excluding carboxylic acids is 1. The van der Waals surface area contributed by atoms with Gasteiger partial charge in [0.15, 0.2) is 0 Å². The van der Waals surface area contributed by atoms with Gasteiger partial charge in [0, 0.05) is 23.6 Å². The van der Waals surface area contributed by atoms with Crippen molar-refractivity contribution in [2.45, 2.75) is 10.3 Å². The van der Waals surface area contributed by atoms with Crippen LogP contribution in [0.4, 0.5) is 0 Å². The number of hydrogen-bond acceptors (Lipinski definition) is 3. The third-order valence-electron chi connectivity index (χ3n) is 4.02. The molecule has 1 fully saturated rings. The normalized spacial score (nSPS) is 21.5. The zero-order valence-electron chi connectivity index (χ0n) is 12.9. The van der Waals surface area contributed by atoms with Gasteiger partial charge in [-0.1, -0.05) is 30.3 Å². The summed E-state index contributed by atoms with van der Waals surface area (Å²) in [4.78, 5) is 12.0. The highest BCUT2D eigenvalue weighted by molar-refractivity contribution is 6.53. The molecule has 2 atom stereocenters. The average Bonchev–Trinajstić information content (AvgIpc) is 3.16. The van der Waals surface area contributed by atoms with Gasteiger partial charge in [0.1, 0.15) is 10.1 Å². The Labute approximate surface area is 150 Å². The van der Waals surface area contributed by atoms with Crippen LogP contribution < -0.4 is 10.2 Å². The molecule has 3 rings (SSSR count). The van der Waals surface area contributed by atoms with Gasteiger partial charge in [0.2, 0.25) is 0 Å². The predicted molar refractivity (Wildman–Crippen MR) is 96.1 cm³/mol. The Kier molecular flexibility index (Phi) is 4.78. The highest BCUT2D eigenvalue weighted by Gasteiger charge is 2.63. The van der Waals surface area contributed by atoms with Crippen LogP contribution in [0.25, 0.3) is 0 Å². The average molecular weight is 363 g/mol. The van der Waals surface area contributed by atoms with Crippen LogP contribution in [0.1, 0.15) is 21.8 Å². The largest absolute Gasteiger partial charge is 0.497 e. The van der Waals surface area contributed by atoms with Gasteiger partial charge >= 0.3 is 0 Å². The van der Waals surface area contributed by atoms with E-state index in [0.29, 0.717) is 11.3 Å². The minimum atomic E-state index is -0.893. The van der Waals surface area contributed by atoms with Gasteiger partial charge in [-0.3, -0.25) is 4.79 Å². The van der Waals surface area contributed by atoms with Crippen LogP contribution in [0, 0.1) is 5.92 Å². The second-order valence-corrected chi connectivity index (χ2v) is 6.98. The second kappa shape index (κ2) is 6.83. The van der Waals surface area contributed by atoms with Crippen molar-refractivity contribution in [3.05, 3.63) is 65.7 Å². The van der Waals surface area contributed by atoms with Crippen LogP contribution in [-0.2, 0) is 0 Å².